The maximum Gasteiger partial charge on any atom is 0.278 e. The first-order chi connectivity index (χ1) is 13.4. The molecule has 2 amide bonds. The Morgan fingerprint density at radius 1 is 1.07 bits per heavy atom. The van der Waals surface area contributed by atoms with E-state index >= 15 is 0 Å². The van der Waals surface area contributed by atoms with E-state index in [1.165, 1.54) is 4.90 Å². The van der Waals surface area contributed by atoms with Gasteiger partial charge in [-0.15, -0.1) is 0 Å². The SMILES string of the molecule is COCCCN1C(=O)C(Nc2cccc(C)c2)=C(c2ccc(Cl)cc2Cl)C1=O. The van der Waals surface area contributed by atoms with Crippen molar-refractivity contribution < 1.29 is 14.3 Å². The third-order valence-electron chi connectivity index (χ3n) is 4.39. The van der Waals surface area contributed by atoms with Gasteiger partial charge in [-0.05, 0) is 43.2 Å². The van der Waals surface area contributed by atoms with Gasteiger partial charge < -0.3 is 10.1 Å². The largest absolute Gasteiger partial charge is 0.385 e. The lowest BCUT2D eigenvalue weighted by Gasteiger charge is -2.15. The summed E-state index contributed by atoms with van der Waals surface area (Å²) in [5.41, 5.74) is 2.67. The minimum atomic E-state index is -0.388. The van der Waals surface area contributed by atoms with Crippen molar-refractivity contribution in [2.24, 2.45) is 0 Å². The summed E-state index contributed by atoms with van der Waals surface area (Å²) in [7, 11) is 1.58. The number of amides is 2. The second kappa shape index (κ2) is 8.78. The minimum Gasteiger partial charge on any atom is -0.385 e. The van der Waals surface area contributed by atoms with Gasteiger partial charge in [-0.2, -0.15) is 0 Å². The van der Waals surface area contributed by atoms with Gasteiger partial charge in [0, 0.05) is 36.5 Å². The van der Waals surface area contributed by atoms with Crippen LogP contribution in [0.4, 0.5) is 5.69 Å². The Balaban J connectivity index is 2.04. The number of benzene rings is 2. The zero-order chi connectivity index (χ0) is 20.3. The van der Waals surface area contributed by atoms with Crippen LogP contribution in [-0.2, 0) is 14.3 Å². The molecule has 7 heteroatoms. The number of ether oxygens (including phenoxy) is 1. The van der Waals surface area contributed by atoms with Crippen molar-refractivity contribution in [3.8, 4) is 0 Å². The highest BCUT2D eigenvalue weighted by molar-refractivity contribution is 6.41. The van der Waals surface area contributed by atoms with Crippen LogP contribution >= 0.6 is 23.2 Å². The Morgan fingerprint density at radius 3 is 2.54 bits per heavy atom. The highest BCUT2D eigenvalue weighted by Crippen LogP contribution is 2.35. The monoisotopic (exact) mass is 418 g/mol. The van der Waals surface area contributed by atoms with Crippen LogP contribution in [-0.4, -0.2) is 37.0 Å². The fraction of sp³-hybridized carbons (Fsp3) is 0.238. The third kappa shape index (κ3) is 4.22. The zero-order valence-corrected chi connectivity index (χ0v) is 17.1. The molecule has 0 spiro atoms. The molecule has 0 atom stereocenters. The molecule has 1 aliphatic rings. The second-order valence-corrected chi connectivity index (χ2v) is 7.32. The van der Waals surface area contributed by atoms with Gasteiger partial charge in [-0.1, -0.05) is 41.4 Å². The zero-order valence-electron chi connectivity index (χ0n) is 15.6. The summed E-state index contributed by atoms with van der Waals surface area (Å²) < 4.78 is 5.04. The lowest BCUT2D eigenvalue weighted by molar-refractivity contribution is -0.136. The maximum atomic E-state index is 13.1. The summed E-state index contributed by atoms with van der Waals surface area (Å²) in [4.78, 5) is 27.3. The van der Waals surface area contributed by atoms with Crippen LogP contribution < -0.4 is 5.32 Å². The van der Waals surface area contributed by atoms with E-state index in [-0.39, 0.29) is 29.6 Å². The van der Waals surface area contributed by atoms with E-state index in [2.05, 4.69) is 5.32 Å². The molecule has 146 valence electrons. The molecule has 0 saturated heterocycles. The average Bonchev–Trinajstić information content (AvgIpc) is 2.87. The average molecular weight is 419 g/mol. The predicted octanol–water partition coefficient (Wildman–Crippen LogP) is 4.53. The Labute approximate surface area is 173 Å². The molecule has 0 saturated carbocycles. The van der Waals surface area contributed by atoms with Crippen molar-refractivity contribution in [2.45, 2.75) is 13.3 Å². The number of carbonyl (C=O) groups excluding carboxylic acids is 2. The molecule has 1 N–H and O–H groups in total. The molecule has 0 fully saturated rings. The highest BCUT2D eigenvalue weighted by atomic mass is 35.5. The molecular weight excluding hydrogens is 399 g/mol. The van der Waals surface area contributed by atoms with Crippen LogP contribution in [0.25, 0.3) is 5.57 Å². The number of hydrogen-bond donors (Lipinski definition) is 1. The number of carbonyl (C=O) groups is 2. The molecule has 2 aromatic rings. The molecule has 2 aromatic carbocycles. The summed E-state index contributed by atoms with van der Waals surface area (Å²) >= 11 is 12.3. The van der Waals surface area contributed by atoms with Gasteiger partial charge in [0.1, 0.15) is 5.70 Å². The van der Waals surface area contributed by atoms with E-state index in [9.17, 15) is 9.59 Å². The lowest BCUT2D eigenvalue weighted by atomic mass is 10.0. The molecule has 0 unspecified atom stereocenters. The first kappa shape index (κ1) is 20.4. The first-order valence-electron chi connectivity index (χ1n) is 8.81. The Hall–Kier alpha value is -2.34. The fourth-order valence-electron chi connectivity index (χ4n) is 3.07. The highest BCUT2D eigenvalue weighted by Gasteiger charge is 2.39. The van der Waals surface area contributed by atoms with Crippen molar-refractivity contribution in [2.75, 3.05) is 25.6 Å². The van der Waals surface area contributed by atoms with Gasteiger partial charge >= 0.3 is 0 Å². The van der Waals surface area contributed by atoms with E-state index in [0.717, 1.165) is 11.3 Å². The molecule has 3 rings (SSSR count). The Morgan fingerprint density at radius 2 is 1.86 bits per heavy atom. The van der Waals surface area contributed by atoms with Gasteiger partial charge in [0.2, 0.25) is 0 Å². The van der Waals surface area contributed by atoms with E-state index in [0.29, 0.717) is 28.6 Å². The predicted molar refractivity (Wildman–Crippen MR) is 111 cm³/mol. The van der Waals surface area contributed by atoms with E-state index in [1.807, 2.05) is 31.2 Å². The van der Waals surface area contributed by atoms with E-state index in [1.54, 1.807) is 25.3 Å². The Kier molecular flexibility index (Phi) is 6.39. The number of halogens is 2. The van der Waals surface area contributed by atoms with Crippen molar-refractivity contribution in [1.82, 2.24) is 4.90 Å². The minimum absolute atomic E-state index is 0.206. The van der Waals surface area contributed by atoms with Gasteiger partial charge in [0.15, 0.2) is 0 Å². The molecule has 0 radical (unpaired) electrons. The molecular formula is C21H20Cl2N2O3. The number of methoxy groups -OCH3 is 1. The fourth-order valence-corrected chi connectivity index (χ4v) is 3.57. The number of nitrogens with zero attached hydrogens (tertiary/aromatic N) is 1. The number of hydrogen-bond acceptors (Lipinski definition) is 4. The summed E-state index contributed by atoms with van der Waals surface area (Å²) in [5.74, 6) is -0.774. The van der Waals surface area contributed by atoms with Crippen molar-refractivity contribution in [3.63, 3.8) is 0 Å². The standard InChI is InChI=1S/C21H20Cl2N2O3/c1-13-5-3-6-15(11-13)24-19-18(16-8-7-14(22)12-17(16)23)20(26)25(21(19)27)9-4-10-28-2/h3,5-8,11-12,24H,4,9-10H2,1-2H3. The van der Waals surface area contributed by atoms with Crippen LogP contribution in [0.3, 0.4) is 0 Å². The molecule has 0 aliphatic carbocycles. The van der Waals surface area contributed by atoms with Crippen LogP contribution in [0.2, 0.25) is 10.0 Å². The normalized spacial score (nSPS) is 14.2. The maximum absolute atomic E-state index is 13.1. The summed E-state index contributed by atoms with van der Waals surface area (Å²) in [6.07, 6.45) is 0.549. The smallest absolute Gasteiger partial charge is 0.278 e. The molecule has 28 heavy (non-hydrogen) atoms. The molecule has 0 bridgehead atoms. The number of aryl methyl sites for hydroxylation is 1. The van der Waals surface area contributed by atoms with Crippen LogP contribution in [0.5, 0.6) is 0 Å². The number of anilines is 1. The van der Waals surface area contributed by atoms with Crippen molar-refractivity contribution >= 4 is 46.3 Å². The van der Waals surface area contributed by atoms with Crippen LogP contribution in [0, 0.1) is 6.92 Å². The first-order valence-corrected chi connectivity index (χ1v) is 9.56. The van der Waals surface area contributed by atoms with Gasteiger partial charge in [-0.3, -0.25) is 14.5 Å². The second-order valence-electron chi connectivity index (χ2n) is 6.48. The topological polar surface area (TPSA) is 58.6 Å². The van der Waals surface area contributed by atoms with Gasteiger partial charge in [-0.25, -0.2) is 0 Å². The van der Waals surface area contributed by atoms with Gasteiger partial charge in [0.25, 0.3) is 11.8 Å². The number of imide groups is 1. The van der Waals surface area contributed by atoms with Gasteiger partial charge in [0.05, 0.1) is 10.6 Å². The lowest BCUT2D eigenvalue weighted by Crippen LogP contribution is -2.33. The summed E-state index contributed by atoms with van der Waals surface area (Å²) in [5, 5.41) is 3.88. The van der Waals surface area contributed by atoms with Crippen molar-refractivity contribution in [3.05, 3.63) is 69.3 Å². The summed E-state index contributed by atoms with van der Waals surface area (Å²) in [6, 6.07) is 12.4. The third-order valence-corrected chi connectivity index (χ3v) is 4.93. The molecule has 1 aliphatic heterocycles. The quantitative estimate of drug-likeness (QED) is 0.529. The van der Waals surface area contributed by atoms with E-state index in [4.69, 9.17) is 27.9 Å². The van der Waals surface area contributed by atoms with Crippen LogP contribution in [0.15, 0.2) is 48.2 Å². The molecule has 0 aromatic heterocycles. The number of nitrogens with one attached hydrogen (secondary N) is 1. The molecule has 5 nitrogen and oxygen atoms in total. The Bertz CT molecular complexity index is 956. The number of rotatable bonds is 7. The van der Waals surface area contributed by atoms with E-state index < -0.39 is 0 Å². The van der Waals surface area contributed by atoms with Crippen molar-refractivity contribution in [1.29, 1.82) is 0 Å². The summed E-state index contributed by atoms with van der Waals surface area (Å²) in [6.45, 7) is 2.67. The molecule has 1 heterocycles. The van der Waals surface area contributed by atoms with Crippen LogP contribution in [0.1, 0.15) is 17.5 Å².